The molecule has 5 heteroatoms. The Morgan fingerprint density at radius 2 is 2.38 bits per heavy atom. The summed E-state index contributed by atoms with van der Waals surface area (Å²) in [5.41, 5.74) is 0.301. The number of hydrogen-bond acceptors (Lipinski definition) is 5. The van der Waals surface area contributed by atoms with E-state index in [9.17, 15) is 9.59 Å². The molecular weight excluding hydrogens is 188 g/mol. The molecule has 0 atom stereocenters. The van der Waals surface area contributed by atoms with Crippen LogP contribution in [-0.2, 0) is 9.59 Å². The fourth-order valence-electron chi connectivity index (χ4n) is 1.17. The predicted molar refractivity (Wildman–Crippen MR) is 49.0 cm³/mol. The molecule has 2 rings (SSSR count). The zero-order chi connectivity index (χ0) is 9.26. The highest BCUT2D eigenvalue weighted by molar-refractivity contribution is 7.97. The first-order valence-corrected chi connectivity index (χ1v) is 4.88. The molecule has 0 N–H and O–H groups in total. The van der Waals surface area contributed by atoms with Crippen LogP contribution in [-0.4, -0.2) is 34.4 Å². The lowest BCUT2D eigenvalue weighted by molar-refractivity contribution is -0.131. The lowest BCUT2D eigenvalue weighted by Gasteiger charge is -2.17. The van der Waals surface area contributed by atoms with Crippen LogP contribution >= 0.6 is 11.9 Å². The highest BCUT2D eigenvalue weighted by atomic mass is 32.2. The van der Waals surface area contributed by atoms with Crippen LogP contribution in [0.2, 0.25) is 0 Å². The SMILES string of the molecule is O=C1C=N[C]=C(N2CCCS2)C1=O. The number of allylic oxidation sites excluding steroid dienone is 1. The summed E-state index contributed by atoms with van der Waals surface area (Å²) in [5.74, 6) is -0.0678. The third-order valence-electron chi connectivity index (χ3n) is 1.79. The molecule has 0 amide bonds. The van der Waals surface area contributed by atoms with Crippen molar-refractivity contribution in [2.24, 2.45) is 4.99 Å². The Labute approximate surface area is 79.8 Å². The van der Waals surface area contributed by atoms with Crippen LogP contribution in [0, 0.1) is 6.20 Å². The van der Waals surface area contributed by atoms with Crippen LogP contribution in [0.3, 0.4) is 0 Å². The summed E-state index contributed by atoms with van der Waals surface area (Å²) in [7, 11) is 0. The largest absolute Gasteiger partial charge is 0.311 e. The zero-order valence-electron chi connectivity index (χ0n) is 6.82. The Hall–Kier alpha value is -1.10. The molecular formula is C8H7N2O2S. The smallest absolute Gasteiger partial charge is 0.253 e. The Balaban J connectivity index is 2.21. The predicted octanol–water partition coefficient (Wildman–Crippen LogP) is 0.207. The van der Waals surface area contributed by atoms with E-state index in [1.54, 1.807) is 16.3 Å². The average Bonchev–Trinajstić information content (AvgIpc) is 2.62. The van der Waals surface area contributed by atoms with Gasteiger partial charge in [-0.1, -0.05) is 0 Å². The van der Waals surface area contributed by atoms with E-state index in [2.05, 4.69) is 11.2 Å². The molecule has 4 nitrogen and oxygen atoms in total. The van der Waals surface area contributed by atoms with Crippen molar-refractivity contribution in [1.29, 1.82) is 0 Å². The van der Waals surface area contributed by atoms with Gasteiger partial charge < -0.3 is 4.31 Å². The Morgan fingerprint density at radius 1 is 1.54 bits per heavy atom. The van der Waals surface area contributed by atoms with Gasteiger partial charge in [-0.05, 0) is 18.4 Å². The molecule has 1 saturated heterocycles. The maximum atomic E-state index is 11.3. The van der Waals surface area contributed by atoms with Crippen LogP contribution in [0.4, 0.5) is 0 Å². The van der Waals surface area contributed by atoms with Gasteiger partial charge in [0, 0.05) is 12.3 Å². The lowest BCUT2D eigenvalue weighted by Crippen LogP contribution is -2.28. The molecule has 2 aliphatic heterocycles. The Bertz CT molecular complexity index is 316. The molecule has 0 aromatic rings. The van der Waals surface area contributed by atoms with E-state index in [0.717, 1.165) is 24.9 Å². The first-order chi connectivity index (χ1) is 6.29. The quantitative estimate of drug-likeness (QED) is 0.443. The van der Waals surface area contributed by atoms with Crippen molar-refractivity contribution in [1.82, 2.24) is 4.31 Å². The molecule has 0 aromatic heterocycles. The summed E-state index contributed by atoms with van der Waals surface area (Å²) in [6.07, 6.45) is 4.60. The van der Waals surface area contributed by atoms with E-state index < -0.39 is 11.6 Å². The molecule has 0 spiro atoms. The maximum absolute atomic E-state index is 11.3. The van der Waals surface area contributed by atoms with E-state index in [0.29, 0.717) is 5.70 Å². The van der Waals surface area contributed by atoms with Gasteiger partial charge in [-0.15, -0.1) is 0 Å². The van der Waals surface area contributed by atoms with Crippen LogP contribution in [0.15, 0.2) is 10.7 Å². The third-order valence-corrected chi connectivity index (χ3v) is 2.94. The molecule has 0 unspecified atom stereocenters. The maximum Gasteiger partial charge on any atom is 0.253 e. The molecule has 2 heterocycles. The summed E-state index contributed by atoms with van der Waals surface area (Å²) in [5, 5.41) is 0. The molecule has 1 radical (unpaired) electrons. The van der Waals surface area contributed by atoms with Gasteiger partial charge in [0.15, 0.2) is 0 Å². The first kappa shape index (κ1) is 8.50. The minimum Gasteiger partial charge on any atom is -0.311 e. The first-order valence-electron chi connectivity index (χ1n) is 3.94. The number of nitrogens with zero attached hydrogens (tertiary/aromatic N) is 2. The molecule has 13 heavy (non-hydrogen) atoms. The average molecular weight is 195 g/mol. The molecule has 67 valence electrons. The number of Topliss-reactive ketones (excluding diaryl/α,β-unsaturated/α-hetero) is 2. The van der Waals surface area contributed by atoms with Crippen molar-refractivity contribution in [3.63, 3.8) is 0 Å². The number of aliphatic imine (C=N–C) groups is 1. The summed E-state index contributed by atoms with van der Waals surface area (Å²) in [6, 6.07) is 0. The molecule has 0 saturated carbocycles. The summed E-state index contributed by atoms with van der Waals surface area (Å²) in [6.45, 7) is 0.793. The van der Waals surface area contributed by atoms with Gasteiger partial charge in [0.2, 0.25) is 5.78 Å². The van der Waals surface area contributed by atoms with Crippen LogP contribution < -0.4 is 0 Å². The minimum atomic E-state index is -0.554. The molecule has 2 aliphatic rings. The van der Waals surface area contributed by atoms with Crippen molar-refractivity contribution >= 4 is 29.7 Å². The fourth-order valence-corrected chi connectivity index (χ4v) is 2.16. The normalized spacial score (nSPS) is 22.5. The minimum absolute atomic E-state index is 0.301. The van der Waals surface area contributed by atoms with Gasteiger partial charge in [0.25, 0.3) is 5.78 Å². The number of carbonyl (C=O) groups excluding carboxylic acids is 2. The summed E-state index contributed by atoms with van der Waals surface area (Å²) in [4.78, 5) is 25.9. The van der Waals surface area contributed by atoms with E-state index in [4.69, 9.17) is 0 Å². The van der Waals surface area contributed by atoms with Crippen molar-refractivity contribution in [3.8, 4) is 0 Å². The second-order valence-electron chi connectivity index (χ2n) is 2.70. The zero-order valence-corrected chi connectivity index (χ0v) is 7.63. The molecule has 1 fully saturated rings. The van der Waals surface area contributed by atoms with Gasteiger partial charge in [-0.2, -0.15) is 0 Å². The van der Waals surface area contributed by atoms with Gasteiger partial charge in [-0.3, -0.25) is 9.59 Å². The second-order valence-corrected chi connectivity index (χ2v) is 3.81. The van der Waals surface area contributed by atoms with Gasteiger partial charge in [0.05, 0.1) is 6.21 Å². The lowest BCUT2D eigenvalue weighted by atomic mass is 10.2. The van der Waals surface area contributed by atoms with Crippen molar-refractivity contribution in [3.05, 3.63) is 11.9 Å². The third kappa shape index (κ3) is 1.51. The monoisotopic (exact) mass is 195 g/mol. The van der Waals surface area contributed by atoms with Crippen molar-refractivity contribution in [2.75, 3.05) is 12.3 Å². The number of carbonyl (C=O) groups is 2. The van der Waals surface area contributed by atoms with E-state index in [-0.39, 0.29) is 0 Å². The molecule has 0 aliphatic carbocycles. The summed E-state index contributed by atoms with van der Waals surface area (Å²) < 4.78 is 1.79. The van der Waals surface area contributed by atoms with E-state index >= 15 is 0 Å². The van der Waals surface area contributed by atoms with Crippen LogP contribution in [0.25, 0.3) is 0 Å². The molecule has 0 bridgehead atoms. The Kier molecular flexibility index (Phi) is 2.18. The van der Waals surface area contributed by atoms with Gasteiger partial charge in [-0.25, -0.2) is 4.99 Å². The Morgan fingerprint density at radius 3 is 3.08 bits per heavy atom. The number of ketones is 2. The molecule has 0 aromatic carbocycles. The summed E-state index contributed by atoms with van der Waals surface area (Å²) >= 11 is 1.54. The topological polar surface area (TPSA) is 49.7 Å². The standard InChI is InChI=1S/C8H7N2O2S/c11-7-5-9-4-6(8(7)12)10-2-1-3-13-10/h5H,1-3H2. The van der Waals surface area contributed by atoms with Gasteiger partial charge >= 0.3 is 0 Å². The van der Waals surface area contributed by atoms with Crippen LogP contribution in [0.1, 0.15) is 6.42 Å². The number of rotatable bonds is 1. The number of hydrogen-bond donors (Lipinski definition) is 0. The fraction of sp³-hybridized carbons (Fsp3) is 0.375. The van der Waals surface area contributed by atoms with E-state index in [1.807, 2.05) is 0 Å². The van der Waals surface area contributed by atoms with Crippen molar-refractivity contribution in [2.45, 2.75) is 6.42 Å². The van der Waals surface area contributed by atoms with Crippen molar-refractivity contribution < 1.29 is 9.59 Å². The highest BCUT2D eigenvalue weighted by Gasteiger charge is 2.27. The van der Waals surface area contributed by atoms with Crippen LogP contribution in [0.5, 0.6) is 0 Å². The van der Waals surface area contributed by atoms with Gasteiger partial charge in [0.1, 0.15) is 11.9 Å². The second kappa shape index (κ2) is 3.33. The highest BCUT2D eigenvalue weighted by Crippen LogP contribution is 2.26. The van der Waals surface area contributed by atoms with E-state index in [1.165, 1.54) is 0 Å².